The Kier molecular flexibility index (Phi) is 5.63. The number of nitrogens with zero attached hydrogens (tertiary/aromatic N) is 3. The number of anilines is 1. The SMILES string of the molecule is CC1=C(c2nc(-c3cccc(F)c3)no2)C(c2ccc(C)cc2)NC(=O)N1c1ccc(Cl)cc1. The largest absolute Gasteiger partial charge is 0.334 e. The number of aromatic nitrogens is 2. The molecule has 1 aliphatic rings. The van der Waals surface area contributed by atoms with E-state index in [9.17, 15) is 9.18 Å². The molecule has 0 fully saturated rings. The van der Waals surface area contributed by atoms with Crippen molar-refractivity contribution in [3.63, 3.8) is 0 Å². The normalized spacial score (nSPS) is 16.1. The number of halogens is 2. The Morgan fingerprint density at radius 3 is 2.47 bits per heavy atom. The average molecular weight is 475 g/mol. The molecule has 3 aromatic carbocycles. The van der Waals surface area contributed by atoms with Gasteiger partial charge >= 0.3 is 6.03 Å². The zero-order valence-electron chi connectivity index (χ0n) is 18.4. The van der Waals surface area contributed by atoms with Crippen LogP contribution in [0.3, 0.4) is 0 Å². The van der Waals surface area contributed by atoms with Gasteiger partial charge in [0, 0.05) is 16.3 Å². The van der Waals surface area contributed by atoms with Crippen LogP contribution < -0.4 is 10.2 Å². The molecule has 8 heteroatoms. The third kappa shape index (κ3) is 4.06. The lowest BCUT2D eigenvalue weighted by molar-refractivity contribution is 0.244. The minimum atomic E-state index is -0.516. The number of hydrogen-bond donors (Lipinski definition) is 1. The monoisotopic (exact) mass is 474 g/mol. The third-order valence-corrected chi connectivity index (χ3v) is 5.97. The van der Waals surface area contributed by atoms with Crippen LogP contribution in [-0.2, 0) is 0 Å². The van der Waals surface area contributed by atoms with Crippen LogP contribution in [0.4, 0.5) is 14.9 Å². The molecule has 34 heavy (non-hydrogen) atoms. The summed E-state index contributed by atoms with van der Waals surface area (Å²) in [6, 6.07) is 20.0. The van der Waals surface area contributed by atoms with E-state index < -0.39 is 11.9 Å². The maximum Gasteiger partial charge on any atom is 0.326 e. The summed E-state index contributed by atoms with van der Waals surface area (Å²) in [5, 5.41) is 7.70. The van der Waals surface area contributed by atoms with E-state index in [-0.39, 0.29) is 17.7 Å². The Hall–Kier alpha value is -3.97. The molecule has 0 bridgehead atoms. The van der Waals surface area contributed by atoms with Crippen molar-refractivity contribution in [3.05, 3.63) is 106 Å². The number of urea groups is 1. The van der Waals surface area contributed by atoms with Crippen molar-refractivity contribution >= 4 is 28.9 Å². The zero-order chi connectivity index (χ0) is 23.8. The number of nitrogens with one attached hydrogen (secondary N) is 1. The van der Waals surface area contributed by atoms with E-state index in [1.807, 2.05) is 38.1 Å². The van der Waals surface area contributed by atoms with Crippen LogP contribution >= 0.6 is 11.6 Å². The van der Waals surface area contributed by atoms with Crippen molar-refractivity contribution in [2.45, 2.75) is 19.9 Å². The number of allylic oxidation sites excluding steroid dienone is 1. The van der Waals surface area contributed by atoms with Crippen molar-refractivity contribution in [1.82, 2.24) is 15.5 Å². The van der Waals surface area contributed by atoms with E-state index in [2.05, 4.69) is 15.5 Å². The van der Waals surface area contributed by atoms with E-state index in [0.29, 0.717) is 27.5 Å². The summed E-state index contributed by atoms with van der Waals surface area (Å²) in [5.41, 5.74) is 4.38. The van der Waals surface area contributed by atoms with Crippen molar-refractivity contribution in [2.75, 3.05) is 4.90 Å². The Morgan fingerprint density at radius 1 is 1.03 bits per heavy atom. The average Bonchev–Trinajstić information content (AvgIpc) is 3.30. The van der Waals surface area contributed by atoms with Gasteiger partial charge in [-0.25, -0.2) is 9.18 Å². The molecule has 0 spiro atoms. The van der Waals surface area contributed by atoms with E-state index in [1.54, 1.807) is 41.3 Å². The number of rotatable bonds is 4. The number of carbonyl (C=O) groups is 1. The lowest BCUT2D eigenvalue weighted by atomic mass is 9.94. The maximum atomic E-state index is 13.7. The summed E-state index contributed by atoms with van der Waals surface area (Å²) in [7, 11) is 0. The lowest BCUT2D eigenvalue weighted by Crippen LogP contribution is -2.46. The lowest BCUT2D eigenvalue weighted by Gasteiger charge is -2.35. The summed E-state index contributed by atoms with van der Waals surface area (Å²) in [6.45, 7) is 3.83. The van der Waals surface area contributed by atoms with Crippen LogP contribution in [0.25, 0.3) is 17.0 Å². The predicted octanol–water partition coefficient (Wildman–Crippen LogP) is 6.54. The number of aryl methyl sites for hydroxylation is 1. The van der Waals surface area contributed by atoms with Gasteiger partial charge in [-0.05, 0) is 55.8 Å². The second-order valence-electron chi connectivity index (χ2n) is 8.04. The molecule has 2 amide bonds. The van der Waals surface area contributed by atoms with E-state index in [0.717, 1.165) is 11.1 Å². The van der Waals surface area contributed by atoms with E-state index in [1.165, 1.54) is 12.1 Å². The first-order chi connectivity index (χ1) is 16.4. The predicted molar refractivity (Wildman–Crippen MR) is 129 cm³/mol. The van der Waals surface area contributed by atoms with Crippen molar-refractivity contribution in [3.8, 4) is 11.4 Å². The Labute approximate surface area is 200 Å². The molecule has 1 unspecified atom stereocenters. The van der Waals surface area contributed by atoms with Gasteiger partial charge in [0.2, 0.25) is 5.82 Å². The Balaban J connectivity index is 1.65. The van der Waals surface area contributed by atoms with Gasteiger partial charge in [0.05, 0.1) is 17.3 Å². The number of hydrogen-bond acceptors (Lipinski definition) is 4. The summed E-state index contributed by atoms with van der Waals surface area (Å²) < 4.78 is 19.4. The highest BCUT2D eigenvalue weighted by Crippen LogP contribution is 2.39. The molecule has 2 heterocycles. The minimum Gasteiger partial charge on any atom is -0.334 e. The number of benzene rings is 3. The van der Waals surface area contributed by atoms with Crippen LogP contribution in [0.15, 0.2) is 83.0 Å². The first kappa shape index (κ1) is 21.9. The van der Waals surface area contributed by atoms with Crippen LogP contribution in [0.1, 0.15) is 30.0 Å². The molecule has 170 valence electrons. The third-order valence-electron chi connectivity index (χ3n) is 5.72. The zero-order valence-corrected chi connectivity index (χ0v) is 19.2. The van der Waals surface area contributed by atoms with Crippen LogP contribution in [-0.4, -0.2) is 16.2 Å². The topological polar surface area (TPSA) is 71.3 Å². The van der Waals surface area contributed by atoms with Gasteiger partial charge in [-0.15, -0.1) is 0 Å². The molecule has 1 aromatic heterocycles. The molecule has 0 saturated heterocycles. The van der Waals surface area contributed by atoms with Gasteiger partial charge in [0.15, 0.2) is 0 Å². The fraction of sp³-hybridized carbons (Fsp3) is 0.115. The second kappa shape index (κ2) is 8.76. The van der Waals surface area contributed by atoms with Crippen LogP contribution in [0.2, 0.25) is 5.02 Å². The Morgan fingerprint density at radius 2 is 1.76 bits per heavy atom. The molecule has 1 aliphatic heterocycles. The van der Waals surface area contributed by atoms with Gasteiger partial charge in [-0.3, -0.25) is 4.90 Å². The highest BCUT2D eigenvalue weighted by molar-refractivity contribution is 6.30. The molecule has 0 radical (unpaired) electrons. The minimum absolute atomic E-state index is 0.237. The first-order valence-electron chi connectivity index (χ1n) is 10.6. The molecule has 4 aromatic rings. The highest BCUT2D eigenvalue weighted by Gasteiger charge is 2.36. The molecule has 6 nitrogen and oxygen atoms in total. The van der Waals surface area contributed by atoms with Crippen LogP contribution in [0.5, 0.6) is 0 Å². The molecular formula is C26H20ClFN4O2. The molecule has 1 N–H and O–H groups in total. The van der Waals surface area contributed by atoms with E-state index >= 15 is 0 Å². The van der Waals surface area contributed by atoms with E-state index in [4.69, 9.17) is 16.1 Å². The molecule has 1 atom stereocenters. The molecular weight excluding hydrogens is 455 g/mol. The fourth-order valence-corrected chi connectivity index (χ4v) is 4.13. The van der Waals surface area contributed by atoms with Crippen molar-refractivity contribution in [1.29, 1.82) is 0 Å². The highest BCUT2D eigenvalue weighted by atomic mass is 35.5. The number of carbonyl (C=O) groups excluding carboxylic acids is 1. The summed E-state index contributed by atoms with van der Waals surface area (Å²) in [6.07, 6.45) is 0. The van der Waals surface area contributed by atoms with Gasteiger partial charge in [-0.1, -0.05) is 58.7 Å². The van der Waals surface area contributed by atoms with Gasteiger partial charge in [0.1, 0.15) is 5.82 Å². The van der Waals surface area contributed by atoms with Gasteiger partial charge in [0.25, 0.3) is 5.89 Å². The quantitative estimate of drug-likeness (QED) is 0.364. The summed E-state index contributed by atoms with van der Waals surface area (Å²) in [5.74, 6) is 0.101. The maximum absolute atomic E-state index is 13.7. The molecule has 0 saturated carbocycles. The van der Waals surface area contributed by atoms with Gasteiger partial charge < -0.3 is 9.84 Å². The summed E-state index contributed by atoms with van der Waals surface area (Å²) in [4.78, 5) is 19.3. The molecule has 5 rings (SSSR count). The van der Waals surface area contributed by atoms with Crippen LogP contribution in [0, 0.1) is 12.7 Å². The molecule has 0 aliphatic carbocycles. The number of amides is 2. The smallest absolute Gasteiger partial charge is 0.326 e. The first-order valence-corrected chi connectivity index (χ1v) is 11.0. The standard InChI is InChI=1S/C26H20ClFN4O2/c1-15-6-8-17(9-7-15)23-22(25-30-24(31-34-25)18-4-3-5-20(28)14-18)16(2)32(26(33)29-23)21-12-10-19(27)11-13-21/h3-14,23H,1-2H3,(H,29,33). The second-order valence-corrected chi connectivity index (χ2v) is 8.47. The van der Waals surface area contributed by atoms with Crippen molar-refractivity contribution in [2.24, 2.45) is 0 Å². The fourth-order valence-electron chi connectivity index (χ4n) is 4.01. The summed E-state index contributed by atoms with van der Waals surface area (Å²) >= 11 is 6.04. The Bertz CT molecular complexity index is 1400. The van der Waals surface area contributed by atoms with Gasteiger partial charge in [-0.2, -0.15) is 4.98 Å². The van der Waals surface area contributed by atoms with Crippen molar-refractivity contribution < 1.29 is 13.7 Å².